The molecular weight excluding hydrogens is 272 g/mol. The maximum atomic E-state index is 12.3. The van der Waals surface area contributed by atoms with Crippen LogP contribution < -0.4 is 4.74 Å². The molecule has 2 aromatic rings. The SMILES string of the molecule is COc1ccccc1C(=O)C=Cc1ccc(C(C)(C)C)cc1. The summed E-state index contributed by atoms with van der Waals surface area (Å²) in [5.74, 6) is 0.539. The molecule has 0 aliphatic rings. The van der Waals surface area contributed by atoms with Crippen LogP contribution in [0.3, 0.4) is 0 Å². The van der Waals surface area contributed by atoms with E-state index in [9.17, 15) is 4.79 Å². The molecule has 0 amide bonds. The zero-order chi connectivity index (χ0) is 16.2. The first-order chi connectivity index (χ1) is 10.4. The average molecular weight is 294 g/mol. The largest absolute Gasteiger partial charge is 0.496 e. The molecule has 0 aliphatic carbocycles. The van der Waals surface area contributed by atoms with E-state index in [1.165, 1.54) is 5.56 Å². The highest BCUT2D eigenvalue weighted by Crippen LogP contribution is 2.23. The number of para-hydroxylation sites is 1. The Bertz CT molecular complexity index is 674. The molecule has 22 heavy (non-hydrogen) atoms. The van der Waals surface area contributed by atoms with Crippen molar-refractivity contribution in [2.75, 3.05) is 7.11 Å². The molecule has 0 unspecified atom stereocenters. The third-order valence-electron chi connectivity index (χ3n) is 3.58. The van der Waals surface area contributed by atoms with E-state index in [-0.39, 0.29) is 11.2 Å². The topological polar surface area (TPSA) is 26.3 Å². The summed E-state index contributed by atoms with van der Waals surface area (Å²) in [6.45, 7) is 6.55. The van der Waals surface area contributed by atoms with Crippen molar-refractivity contribution in [1.29, 1.82) is 0 Å². The standard InChI is InChI=1S/C20H22O2/c1-20(2,3)16-12-9-15(10-13-16)11-14-18(21)17-7-5-6-8-19(17)22-4/h5-14H,1-4H3. The van der Waals surface area contributed by atoms with Crippen molar-refractivity contribution in [2.24, 2.45) is 0 Å². The number of ether oxygens (including phenoxy) is 1. The lowest BCUT2D eigenvalue weighted by molar-refractivity contribution is 0.104. The summed E-state index contributed by atoms with van der Waals surface area (Å²) in [7, 11) is 1.57. The Kier molecular flexibility index (Phi) is 4.81. The molecule has 2 nitrogen and oxygen atoms in total. The lowest BCUT2D eigenvalue weighted by Gasteiger charge is -2.18. The Labute approximate surface area is 132 Å². The lowest BCUT2D eigenvalue weighted by atomic mass is 9.87. The van der Waals surface area contributed by atoms with Gasteiger partial charge in [-0.2, -0.15) is 0 Å². The number of allylic oxidation sites excluding steroid dienone is 1. The van der Waals surface area contributed by atoms with Crippen LogP contribution in [0.1, 0.15) is 42.3 Å². The summed E-state index contributed by atoms with van der Waals surface area (Å²) in [6, 6.07) is 15.5. The fraction of sp³-hybridized carbons (Fsp3) is 0.250. The Balaban J connectivity index is 2.16. The summed E-state index contributed by atoms with van der Waals surface area (Å²) < 4.78 is 5.22. The van der Waals surface area contributed by atoms with E-state index in [4.69, 9.17) is 4.74 Å². The minimum absolute atomic E-state index is 0.0580. The van der Waals surface area contributed by atoms with Gasteiger partial charge in [0.05, 0.1) is 12.7 Å². The summed E-state index contributed by atoms with van der Waals surface area (Å²) in [4.78, 5) is 12.3. The van der Waals surface area contributed by atoms with Crippen molar-refractivity contribution in [3.8, 4) is 5.75 Å². The van der Waals surface area contributed by atoms with Gasteiger partial charge in [0, 0.05) is 0 Å². The van der Waals surface area contributed by atoms with Crippen LogP contribution in [0.15, 0.2) is 54.6 Å². The average Bonchev–Trinajstić information content (AvgIpc) is 2.52. The van der Waals surface area contributed by atoms with E-state index in [1.807, 2.05) is 30.3 Å². The smallest absolute Gasteiger partial charge is 0.189 e. The molecule has 0 bridgehead atoms. The van der Waals surface area contributed by atoms with Gasteiger partial charge in [-0.05, 0) is 34.8 Å². The van der Waals surface area contributed by atoms with Crippen molar-refractivity contribution in [3.05, 3.63) is 71.3 Å². The molecule has 0 aromatic heterocycles. The third-order valence-corrected chi connectivity index (χ3v) is 3.58. The van der Waals surface area contributed by atoms with Gasteiger partial charge in [-0.15, -0.1) is 0 Å². The second-order valence-electron chi connectivity index (χ2n) is 6.27. The third kappa shape index (κ3) is 3.85. The van der Waals surface area contributed by atoms with Crippen LogP contribution in [0.2, 0.25) is 0 Å². The Hall–Kier alpha value is -2.35. The molecular formula is C20H22O2. The molecule has 2 heteroatoms. The van der Waals surface area contributed by atoms with Crippen molar-refractivity contribution in [3.63, 3.8) is 0 Å². The van der Waals surface area contributed by atoms with Gasteiger partial charge in [0.25, 0.3) is 0 Å². The van der Waals surface area contributed by atoms with Crippen LogP contribution in [0, 0.1) is 0 Å². The molecule has 0 fully saturated rings. The van der Waals surface area contributed by atoms with Gasteiger partial charge >= 0.3 is 0 Å². The Morgan fingerprint density at radius 3 is 2.23 bits per heavy atom. The van der Waals surface area contributed by atoms with Crippen LogP contribution in [0.4, 0.5) is 0 Å². The van der Waals surface area contributed by atoms with Gasteiger partial charge in [0.1, 0.15) is 5.75 Å². The fourth-order valence-corrected chi connectivity index (χ4v) is 2.20. The number of benzene rings is 2. The highest BCUT2D eigenvalue weighted by Gasteiger charge is 2.12. The van der Waals surface area contributed by atoms with Gasteiger partial charge in [0.2, 0.25) is 0 Å². The van der Waals surface area contributed by atoms with E-state index in [2.05, 4.69) is 32.9 Å². The first-order valence-electron chi connectivity index (χ1n) is 7.38. The molecule has 0 saturated carbocycles. The second-order valence-corrected chi connectivity index (χ2v) is 6.27. The zero-order valence-electron chi connectivity index (χ0n) is 13.6. The number of rotatable bonds is 4. The van der Waals surface area contributed by atoms with Crippen molar-refractivity contribution < 1.29 is 9.53 Å². The van der Waals surface area contributed by atoms with Crippen LogP contribution >= 0.6 is 0 Å². The molecule has 0 heterocycles. The van der Waals surface area contributed by atoms with Crippen LogP contribution in [0.5, 0.6) is 5.75 Å². The molecule has 2 rings (SSSR count). The van der Waals surface area contributed by atoms with Crippen molar-refractivity contribution >= 4 is 11.9 Å². The molecule has 0 aliphatic heterocycles. The van der Waals surface area contributed by atoms with E-state index in [0.29, 0.717) is 11.3 Å². The van der Waals surface area contributed by atoms with Gasteiger partial charge in [-0.1, -0.05) is 63.2 Å². The summed E-state index contributed by atoms with van der Waals surface area (Å²) in [6.07, 6.45) is 3.42. The van der Waals surface area contributed by atoms with E-state index in [0.717, 1.165) is 5.56 Å². The lowest BCUT2D eigenvalue weighted by Crippen LogP contribution is -2.10. The molecule has 0 atom stereocenters. The van der Waals surface area contributed by atoms with Gasteiger partial charge in [0.15, 0.2) is 5.78 Å². The molecule has 0 radical (unpaired) electrons. The van der Waals surface area contributed by atoms with Gasteiger partial charge in [-0.25, -0.2) is 0 Å². The van der Waals surface area contributed by atoms with Gasteiger partial charge in [-0.3, -0.25) is 4.79 Å². The number of carbonyl (C=O) groups excluding carboxylic acids is 1. The van der Waals surface area contributed by atoms with E-state index >= 15 is 0 Å². The maximum absolute atomic E-state index is 12.3. The minimum atomic E-state index is -0.0580. The summed E-state index contributed by atoms with van der Waals surface area (Å²) in [5, 5.41) is 0. The first kappa shape index (κ1) is 16.0. The monoisotopic (exact) mass is 294 g/mol. The number of methoxy groups -OCH3 is 1. The summed E-state index contributed by atoms with van der Waals surface area (Å²) >= 11 is 0. The predicted molar refractivity (Wildman–Crippen MR) is 91.5 cm³/mol. The van der Waals surface area contributed by atoms with E-state index in [1.54, 1.807) is 25.3 Å². The zero-order valence-corrected chi connectivity index (χ0v) is 13.6. The predicted octanol–water partition coefficient (Wildman–Crippen LogP) is 4.89. The minimum Gasteiger partial charge on any atom is -0.496 e. The van der Waals surface area contributed by atoms with E-state index < -0.39 is 0 Å². The van der Waals surface area contributed by atoms with Crippen LogP contribution in [-0.2, 0) is 5.41 Å². The quantitative estimate of drug-likeness (QED) is 0.593. The van der Waals surface area contributed by atoms with Crippen molar-refractivity contribution in [2.45, 2.75) is 26.2 Å². The normalized spacial score (nSPS) is 11.6. The highest BCUT2D eigenvalue weighted by molar-refractivity contribution is 6.08. The maximum Gasteiger partial charge on any atom is 0.189 e. The number of ketones is 1. The molecule has 0 spiro atoms. The molecule has 114 valence electrons. The van der Waals surface area contributed by atoms with Crippen LogP contribution in [-0.4, -0.2) is 12.9 Å². The highest BCUT2D eigenvalue weighted by atomic mass is 16.5. The number of hydrogen-bond acceptors (Lipinski definition) is 2. The fourth-order valence-electron chi connectivity index (χ4n) is 2.20. The van der Waals surface area contributed by atoms with Gasteiger partial charge < -0.3 is 4.74 Å². The second kappa shape index (κ2) is 6.61. The Morgan fingerprint density at radius 1 is 1.00 bits per heavy atom. The Morgan fingerprint density at radius 2 is 1.64 bits per heavy atom. The molecule has 2 aromatic carbocycles. The van der Waals surface area contributed by atoms with Crippen LogP contribution in [0.25, 0.3) is 6.08 Å². The molecule has 0 N–H and O–H groups in total. The van der Waals surface area contributed by atoms with Crippen molar-refractivity contribution in [1.82, 2.24) is 0 Å². The number of hydrogen-bond donors (Lipinski definition) is 0. The molecule has 0 saturated heterocycles. The first-order valence-corrected chi connectivity index (χ1v) is 7.38. The number of carbonyl (C=O) groups is 1. The summed E-state index contributed by atoms with van der Waals surface area (Å²) in [5.41, 5.74) is 3.00.